The van der Waals surface area contributed by atoms with Crippen molar-refractivity contribution in [2.24, 2.45) is 0 Å². The molecule has 5 nitrogen and oxygen atoms in total. The Balaban J connectivity index is 1.61. The summed E-state index contributed by atoms with van der Waals surface area (Å²) < 4.78 is 6.54. The number of carbonyl (C=O) groups excluding carboxylic acids is 1. The van der Waals surface area contributed by atoms with Gasteiger partial charge in [-0.15, -0.1) is 0 Å². The van der Waals surface area contributed by atoms with Crippen molar-refractivity contribution in [1.82, 2.24) is 15.2 Å². The molecule has 1 aromatic rings. The van der Waals surface area contributed by atoms with Crippen LogP contribution in [0, 0.1) is 0 Å². The molecule has 0 bridgehead atoms. The molecule has 0 aromatic carbocycles. The minimum atomic E-state index is -0.354. The van der Waals surface area contributed by atoms with Gasteiger partial charge >= 0.3 is 0 Å². The highest BCUT2D eigenvalue weighted by molar-refractivity contribution is 9.10. The molecule has 2 aliphatic rings. The van der Waals surface area contributed by atoms with E-state index in [2.05, 4.69) is 26.2 Å². The van der Waals surface area contributed by atoms with E-state index >= 15 is 0 Å². The number of nitrogens with zero attached hydrogens (tertiary/aromatic N) is 2. The van der Waals surface area contributed by atoms with Crippen LogP contribution in [0.3, 0.4) is 0 Å². The summed E-state index contributed by atoms with van der Waals surface area (Å²) in [6, 6.07) is 4.03. The zero-order chi connectivity index (χ0) is 13.9. The molecule has 1 aromatic heterocycles. The summed E-state index contributed by atoms with van der Waals surface area (Å²) >= 11 is 3.28. The largest absolute Gasteiger partial charge is 0.479 e. The zero-order valence-corrected chi connectivity index (χ0v) is 12.8. The van der Waals surface area contributed by atoms with Crippen molar-refractivity contribution in [2.45, 2.75) is 31.4 Å². The van der Waals surface area contributed by atoms with Crippen molar-refractivity contribution in [1.29, 1.82) is 0 Å². The van der Waals surface area contributed by atoms with Crippen LogP contribution in [0.4, 0.5) is 0 Å². The first-order valence-electron chi connectivity index (χ1n) is 7.03. The monoisotopic (exact) mass is 339 g/mol. The summed E-state index contributed by atoms with van der Waals surface area (Å²) in [7, 11) is 0. The van der Waals surface area contributed by atoms with Gasteiger partial charge in [0.2, 0.25) is 0 Å². The maximum Gasteiger partial charge on any atom is 0.263 e. The summed E-state index contributed by atoms with van der Waals surface area (Å²) in [5, 5.41) is 3.33. The van der Waals surface area contributed by atoms with Gasteiger partial charge in [0.15, 0.2) is 6.10 Å². The number of carbonyl (C=O) groups is 1. The van der Waals surface area contributed by atoms with Gasteiger partial charge < -0.3 is 15.0 Å². The van der Waals surface area contributed by atoms with Gasteiger partial charge in [-0.3, -0.25) is 4.79 Å². The van der Waals surface area contributed by atoms with E-state index in [1.54, 1.807) is 6.20 Å². The van der Waals surface area contributed by atoms with Crippen molar-refractivity contribution in [2.75, 3.05) is 19.6 Å². The molecule has 6 heteroatoms. The van der Waals surface area contributed by atoms with Gasteiger partial charge in [-0.2, -0.15) is 0 Å². The third-order valence-corrected chi connectivity index (χ3v) is 4.39. The highest BCUT2D eigenvalue weighted by Gasteiger charge is 2.37. The van der Waals surface area contributed by atoms with E-state index in [9.17, 15) is 4.79 Å². The van der Waals surface area contributed by atoms with E-state index in [1.165, 1.54) is 0 Å². The Morgan fingerprint density at radius 3 is 2.80 bits per heavy atom. The molecular formula is C14H18BrN3O2. The van der Waals surface area contributed by atoms with Crippen LogP contribution in [-0.2, 0) is 4.79 Å². The SMILES string of the molecule is O=C1[C@@H](Oc2ccc(Br)nc2)CCN1C1CCNCC1. The van der Waals surface area contributed by atoms with Gasteiger partial charge in [0, 0.05) is 19.0 Å². The molecule has 108 valence electrons. The van der Waals surface area contributed by atoms with E-state index in [-0.39, 0.29) is 12.0 Å². The van der Waals surface area contributed by atoms with Crippen molar-refractivity contribution in [3.63, 3.8) is 0 Å². The van der Waals surface area contributed by atoms with Crippen LogP contribution in [0.25, 0.3) is 0 Å². The Hall–Kier alpha value is -1.14. The van der Waals surface area contributed by atoms with Crippen LogP contribution in [0.1, 0.15) is 19.3 Å². The van der Waals surface area contributed by atoms with Crippen LogP contribution < -0.4 is 10.1 Å². The van der Waals surface area contributed by atoms with Gasteiger partial charge in [0.05, 0.1) is 6.20 Å². The standard InChI is InChI=1S/C14H18BrN3O2/c15-13-2-1-11(9-17-13)20-12-5-8-18(14(12)19)10-3-6-16-7-4-10/h1-2,9-10,12,16H,3-8H2/t12-/m0/s1. The predicted molar refractivity (Wildman–Crippen MR) is 78.6 cm³/mol. The zero-order valence-electron chi connectivity index (χ0n) is 11.2. The summed E-state index contributed by atoms with van der Waals surface area (Å²) in [4.78, 5) is 18.5. The van der Waals surface area contributed by atoms with Crippen LogP contribution in [0.2, 0.25) is 0 Å². The Morgan fingerprint density at radius 2 is 2.10 bits per heavy atom. The van der Waals surface area contributed by atoms with E-state index in [4.69, 9.17) is 4.74 Å². The van der Waals surface area contributed by atoms with Crippen LogP contribution in [0.5, 0.6) is 5.75 Å². The van der Waals surface area contributed by atoms with Gasteiger partial charge in [-0.1, -0.05) is 0 Å². The maximum absolute atomic E-state index is 12.4. The highest BCUT2D eigenvalue weighted by atomic mass is 79.9. The quantitative estimate of drug-likeness (QED) is 0.849. The molecule has 3 heterocycles. The second kappa shape index (κ2) is 6.10. The lowest BCUT2D eigenvalue weighted by molar-refractivity contribution is -0.135. The van der Waals surface area contributed by atoms with Crippen LogP contribution >= 0.6 is 15.9 Å². The molecule has 0 spiro atoms. The number of piperidine rings is 1. The summed E-state index contributed by atoms with van der Waals surface area (Å²) in [6.45, 7) is 2.80. The topological polar surface area (TPSA) is 54.5 Å². The normalized spacial score (nSPS) is 24.1. The third-order valence-electron chi connectivity index (χ3n) is 3.92. The average molecular weight is 340 g/mol. The van der Waals surface area contributed by atoms with E-state index in [0.717, 1.165) is 43.5 Å². The Bertz CT molecular complexity index is 474. The number of halogens is 1. The fourth-order valence-electron chi connectivity index (χ4n) is 2.86. The fraction of sp³-hybridized carbons (Fsp3) is 0.571. The number of likely N-dealkylation sites (tertiary alicyclic amines) is 1. The number of ether oxygens (including phenoxy) is 1. The smallest absolute Gasteiger partial charge is 0.263 e. The summed E-state index contributed by atoms with van der Waals surface area (Å²) in [5.74, 6) is 0.776. The van der Waals surface area contributed by atoms with Gasteiger partial charge in [-0.05, 0) is 54.0 Å². The third kappa shape index (κ3) is 2.96. The number of aromatic nitrogens is 1. The average Bonchev–Trinajstić information content (AvgIpc) is 2.84. The number of amides is 1. The lowest BCUT2D eigenvalue weighted by Gasteiger charge is -2.31. The highest BCUT2D eigenvalue weighted by Crippen LogP contribution is 2.24. The molecule has 1 atom stereocenters. The molecular weight excluding hydrogens is 322 g/mol. The minimum Gasteiger partial charge on any atom is -0.479 e. The van der Waals surface area contributed by atoms with E-state index in [1.807, 2.05) is 17.0 Å². The predicted octanol–water partition coefficient (Wildman–Crippen LogP) is 1.58. The van der Waals surface area contributed by atoms with Crippen molar-refractivity contribution in [3.8, 4) is 5.75 Å². The second-order valence-electron chi connectivity index (χ2n) is 5.22. The molecule has 0 aliphatic carbocycles. The maximum atomic E-state index is 12.4. The molecule has 1 amide bonds. The van der Waals surface area contributed by atoms with Gasteiger partial charge in [-0.25, -0.2) is 4.98 Å². The van der Waals surface area contributed by atoms with Crippen molar-refractivity contribution in [3.05, 3.63) is 22.9 Å². The molecule has 2 saturated heterocycles. The molecule has 20 heavy (non-hydrogen) atoms. The van der Waals surface area contributed by atoms with E-state index in [0.29, 0.717) is 11.8 Å². The molecule has 1 N–H and O–H groups in total. The Morgan fingerprint density at radius 1 is 1.30 bits per heavy atom. The number of pyridine rings is 1. The molecule has 0 saturated carbocycles. The first-order chi connectivity index (χ1) is 9.74. The Labute approximate surface area is 126 Å². The van der Waals surface area contributed by atoms with Crippen LogP contribution in [0.15, 0.2) is 22.9 Å². The minimum absolute atomic E-state index is 0.125. The number of rotatable bonds is 3. The number of nitrogens with one attached hydrogen (secondary N) is 1. The van der Waals surface area contributed by atoms with Crippen molar-refractivity contribution < 1.29 is 9.53 Å². The number of hydrogen-bond donors (Lipinski definition) is 1. The van der Waals surface area contributed by atoms with Gasteiger partial charge in [0.1, 0.15) is 10.4 Å². The van der Waals surface area contributed by atoms with Crippen LogP contribution in [-0.4, -0.2) is 47.6 Å². The summed E-state index contributed by atoms with van der Waals surface area (Å²) in [6.07, 6.45) is 4.13. The lowest BCUT2D eigenvalue weighted by Crippen LogP contribution is -2.45. The van der Waals surface area contributed by atoms with E-state index < -0.39 is 0 Å². The molecule has 0 unspecified atom stereocenters. The molecule has 0 radical (unpaired) electrons. The fourth-order valence-corrected chi connectivity index (χ4v) is 3.10. The van der Waals surface area contributed by atoms with Crippen molar-refractivity contribution >= 4 is 21.8 Å². The molecule has 2 aliphatic heterocycles. The molecule has 2 fully saturated rings. The summed E-state index contributed by atoms with van der Waals surface area (Å²) in [5.41, 5.74) is 0. The second-order valence-corrected chi connectivity index (χ2v) is 6.04. The first-order valence-corrected chi connectivity index (χ1v) is 7.83. The van der Waals surface area contributed by atoms with Gasteiger partial charge in [0.25, 0.3) is 5.91 Å². The number of hydrogen-bond acceptors (Lipinski definition) is 4. The molecule has 3 rings (SSSR count). The lowest BCUT2D eigenvalue weighted by atomic mass is 10.1. The Kier molecular flexibility index (Phi) is 4.21. The first kappa shape index (κ1) is 13.8.